The maximum absolute atomic E-state index is 11.8. The molecule has 1 unspecified atom stereocenters. The van der Waals surface area contributed by atoms with Crippen molar-refractivity contribution in [3.05, 3.63) is 22.5 Å². The Morgan fingerprint density at radius 2 is 1.85 bits per heavy atom. The fraction of sp³-hybridized carbons (Fsp3) is 0.462. The second kappa shape index (κ2) is 6.23. The van der Waals surface area contributed by atoms with Gasteiger partial charge in [-0.3, -0.25) is 9.59 Å². The number of carboxylic acids is 2. The van der Waals surface area contributed by atoms with Gasteiger partial charge >= 0.3 is 17.9 Å². The van der Waals surface area contributed by atoms with Crippen molar-refractivity contribution in [1.82, 2.24) is 4.98 Å². The Labute approximate surface area is 115 Å². The van der Waals surface area contributed by atoms with Gasteiger partial charge < -0.3 is 19.9 Å². The summed E-state index contributed by atoms with van der Waals surface area (Å²) in [6.45, 7) is 5.06. The third-order valence-corrected chi connectivity index (χ3v) is 2.98. The molecule has 20 heavy (non-hydrogen) atoms. The van der Waals surface area contributed by atoms with Crippen LogP contribution in [0.4, 0.5) is 0 Å². The van der Waals surface area contributed by atoms with Crippen LogP contribution < -0.4 is 0 Å². The number of ether oxygens (including phenoxy) is 1. The maximum atomic E-state index is 11.8. The van der Waals surface area contributed by atoms with Gasteiger partial charge in [0, 0.05) is 11.4 Å². The van der Waals surface area contributed by atoms with Crippen molar-refractivity contribution in [2.24, 2.45) is 0 Å². The molecule has 0 fully saturated rings. The number of rotatable bonds is 6. The number of nitrogens with one attached hydrogen (secondary N) is 1. The second-order valence-electron chi connectivity index (χ2n) is 4.37. The van der Waals surface area contributed by atoms with Crippen LogP contribution in [0.2, 0.25) is 0 Å². The van der Waals surface area contributed by atoms with E-state index in [0.29, 0.717) is 11.3 Å². The average Bonchev–Trinajstić information content (AvgIpc) is 2.61. The van der Waals surface area contributed by atoms with E-state index in [-0.39, 0.29) is 17.9 Å². The van der Waals surface area contributed by atoms with E-state index in [1.165, 1.54) is 0 Å². The van der Waals surface area contributed by atoms with Gasteiger partial charge in [-0.2, -0.15) is 0 Å². The van der Waals surface area contributed by atoms with Gasteiger partial charge in [-0.15, -0.1) is 0 Å². The van der Waals surface area contributed by atoms with Gasteiger partial charge in [-0.25, -0.2) is 4.79 Å². The molecule has 7 nitrogen and oxygen atoms in total. The summed E-state index contributed by atoms with van der Waals surface area (Å²) >= 11 is 0. The lowest BCUT2D eigenvalue weighted by molar-refractivity contribution is -0.145. The van der Waals surface area contributed by atoms with Gasteiger partial charge in [-0.05, 0) is 26.3 Å². The summed E-state index contributed by atoms with van der Waals surface area (Å²) in [5.41, 5.74) is 1.36. The fourth-order valence-corrected chi connectivity index (χ4v) is 2.12. The van der Waals surface area contributed by atoms with Crippen molar-refractivity contribution in [1.29, 1.82) is 0 Å². The molecule has 1 aromatic rings. The van der Waals surface area contributed by atoms with Crippen LogP contribution in [0.25, 0.3) is 0 Å². The first kappa shape index (κ1) is 15.7. The van der Waals surface area contributed by atoms with E-state index in [9.17, 15) is 14.4 Å². The highest BCUT2D eigenvalue weighted by Gasteiger charge is 2.30. The van der Waals surface area contributed by atoms with E-state index in [1.807, 2.05) is 0 Å². The molecule has 0 aromatic carbocycles. The lowest BCUT2D eigenvalue weighted by Gasteiger charge is -2.09. The van der Waals surface area contributed by atoms with Gasteiger partial charge in [0.25, 0.3) is 0 Å². The van der Waals surface area contributed by atoms with E-state index in [4.69, 9.17) is 14.9 Å². The number of hydrogen-bond acceptors (Lipinski definition) is 4. The van der Waals surface area contributed by atoms with Crippen molar-refractivity contribution < 1.29 is 29.3 Å². The van der Waals surface area contributed by atoms with E-state index in [1.54, 1.807) is 20.8 Å². The van der Waals surface area contributed by atoms with Crippen molar-refractivity contribution >= 4 is 17.9 Å². The molecule has 3 N–H and O–H groups in total. The van der Waals surface area contributed by atoms with E-state index in [0.717, 1.165) is 0 Å². The van der Waals surface area contributed by atoms with Crippen molar-refractivity contribution in [3.8, 4) is 0 Å². The largest absolute Gasteiger partial charge is 0.481 e. The summed E-state index contributed by atoms with van der Waals surface area (Å²) in [6.07, 6.45) is -0.557. The third-order valence-electron chi connectivity index (χ3n) is 2.98. The van der Waals surface area contributed by atoms with Gasteiger partial charge in [0.15, 0.2) is 0 Å². The Morgan fingerprint density at radius 1 is 1.25 bits per heavy atom. The molecule has 1 atom stereocenters. The highest BCUT2D eigenvalue weighted by Crippen LogP contribution is 2.28. The molecular weight excluding hydrogens is 266 g/mol. The number of aromatic nitrogens is 1. The highest BCUT2D eigenvalue weighted by atomic mass is 16.5. The van der Waals surface area contributed by atoms with Crippen molar-refractivity contribution in [3.63, 3.8) is 0 Å². The lowest BCUT2D eigenvalue weighted by atomic mass is 9.97. The van der Waals surface area contributed by atoms with Gasteiger partial charge in [0.05, 0.1) is 18.6 Å². The van der Waals surface area contributed by atoms with E-state index < -0.39 is 30.2 Å². The van der Waals surface area contributed by atoms with Crippen LogP contribution in [-0.2, 0) is 14.3 Å². The minimum atomic E-state index is -1.26. The number of H-pyrrole nitrogens is 1. The number of aliphatic carboxylic acids is 2. The van der Waals surface area contributed by atoms with Crippen LogP contribution in [0.5, 0.6) is 0 Å². The molecule has 0 saturated carbocycles. The Balaban J connectivity index is 3.25. The summed E-state index contributed by atoms with van der Waals surface area (Å²) in [5, 5.41) is 17.9. The molecule has 0 aliphatic rings. The zero-order valence-electron chi connectivity index (χ0n) is 11.5. The Hall–Kier alpha value is -2.31. The number of carbonyl (C=O) groups excluding carboxylic acids is 1. The molecule has 1 heterocycles. The van der Waals surface area contributed by atoms with Crippen molar-refractivity contribution in [2.75, 3.05) is 6.61 Å². The number of esters is 1. The first-order valence-electron chi connectivity index (χ1n) is 6.10. The molecule has 110 valence electrons. The first-order chi connectivity index (χ1) is 9.29. The summed E-state index contributed by atoms with van der Waals surface area (Å²) < 4.78 is 4.90. The quantitative estimate of drug-likeness (QED) is 0.680. The maximum Gasteiger partial charge on any atom is 0.340 e. The first-order valence-corrected chi connectivity index (χ1v) is 6.10. The number of carboxylic acid groups (broad SMARTS) is 2. The topological polar surface area (TPSA) is 117 Å². The fourth-order valence-electron chi connectivity index (χ4n) is 2.12. The molecule has 0 saturated heterocycles. The minimum absolute atomic E-state index is 0.204. The molecule has 0 aliphatic heterocycles. The number of hydrogen-bond donors (Lipinski definition) is 3. The molecule has 0 spiro atoms. The molecule has 0 amide bonds. The zero-order chi connectivity index (χ0) is 15.4. The monoisotopic (exact) mass is 283 g/mol. The van der Waals surface area contributed by atoms with Crippen molar-refractivity contribution in [2.45, 2.75) is 33.1 Å². The lowest BCUT2D eigenvalue weighted by Crippen LogP contribution is -2.17. The minimum Gasteiger partial charge on any atom is -0.481 e. The van der Waals surface area contributed by atoms with Crippen LogP contribution >= 0.6 is 0 Å². The molecule has 0 aliphatic carbocycles. The summed E-state index contributed by atoms with van der Waals surface area (Å²) in [5.74, 6) is -4.26. The number of aromatic amines is 1. The smallest absolute Gasteiger partial charge is 0.340 e. The SMILES string of the molecule is CCOC(=O)c1c(C)[nH]c(C(CC(=O)O)C(=O)O)c1C. The molecule has 1 rings (SSSR count). The highest BCUT2D eigenvalue weighted by molar-refractivity contribution is 5.94. The van der Waals surface area contributed by atoms with Crippen LogP contribution in [0, 0.1) is 13.8 Å². The van der Waals surface area contributed by atoms with Crippen LogP contribution in [-0.4, -0.2) is 39.7 Å². The standard InChI is InChI=1S/C13H17NO6/c1-4-20-13(19)10-6(2)11(14-7(10)3)8(12(17)18)5-9(15)16/h8,14H,4-5H2,1-3H3,(H,15,16)(H,17,18). The molecular formula is C13H17NO6. The Morgan fingerprint density at radius 3 is 2.30 bits per heavy atom. The van der Waals surface area contributed by atoms with Gasteiger partial charge in [0.1, 0.15) is 5.92 Å². The summed E-state index contributed by atoms with van der Waals surface area (Å²) in [6, 6.07) is 0. The zero-order valence-corrected chi connectivity index (χ0v) is 11.5. The normalized spacial score (nSPS) is 11.9. The number of carbonyl (C=O) groups is 3. The van der Waals surface area contributed by atoms with Crippen LogP contribution in [0.3, 0.4) is 0 Å². The van der Waals surface area contributed by atoms with Gasteiger partial charge in [-0.1, -0.05) is 0 Å². The average molecular weight is 283 g/mol. The van der Waals surface area contributed by atoms with Crippen LogP contribution in [0.15, 0.2) is 0 Å². The predicted molar refractivity (Wildman–Crippen MR) is 68.9 cm³/mol. The Bertz CT molecular complexity index is 545. The summed E-state index contributed by atoms with van der Waals surface area (Å²) in [7, 11) is 0. The van der Waals surface area contributed by atoms with E-state index >= 15 is 0 Å². The van der Waals surface area contributed by atoms with Crippen LogP contribution in [0.1, 0.15) is 46.6 Å². The third kappa shape index (κ3) is 3.17. The Kier molecular flexibility index (Phi) is 4.90. The molecule has 7 heteroatoms. The van der Waals surface area contributed by atoms with E-state index in [2.05, 4.69) is 4.98 Å². The molecule has 1 aromatic heterocycles. The van der Waals surface area contributed by atoms with Gasteiger partial charge in [0.2, 0.25) is 0 Å². The molecule has 0 bridgehead atoms. The second-order valence-corrected chi connectivity index (χ2v) is 4.37. The predicted octanol–water partition coefficient (Wildman–Crippen LogP) is 1.45. The molecule has 0 radical (unpaired) electrons. The summed E-state index contributed by atoms with van der Waals surface area (Å²) in [4.78, 5) is 36.6. The number of aryl methyl sites for hydroxylation is 1.